The molecular formula is C11H16N2. The highest BCUT2D eigenvalue weighted by Crippen LogP contribution is 2.21. The summed E-state index contributed by atoms with van der Waals surface area (Å²) in [5.41, 5.74) is 1.15. The molecular weight excluding hydrogens is 160 g/mol. The molecule has 1 atom stereocenters. The fraction of sp³-hybridized carbons (Fsp3) is 0.545. The van der Waals surface area contributed by atoms with Gasteiger partial charge < -0.3 is 5.32 Å². The van der Waals surface area contributed by atoms with E-state index >= 15 is 0 Å². The number of pyridine rings is 1. The van der Waals surface area contributed by atoms with E-state index in [0.29, 0.717) is 6.04 Å². The van der Waals surface area contributed by atoms with Gasteiger partial charge in [0.1, 0.15) is 0 Å². The summed E-state index contributed by atoms with van der Waals surface area (Å²) in [5, 5.41) is 3.57. The summed E-state index contributed by atoms with van der Waals surface area (Å²) in [4.78, 5) is 4.33. The third-order valence-corrected chi connectivity index (χ3v) is 2.72. The van der Waals surface area contributed by atoms with Gasteiger partial charge in [-0.2, -0.15) is 0 Å². The van der Waals surface area contributed by atoms with E-state index in [1.165, 1.54) is 19.3 Å². The number of nitrogens with one attached hydrogen (secondary N) is 1. The van der Waals surface area contributed by atoms with E-state index in [2.05, 4.69) is 23.3 Å². The quantitative estimate of drug-likeness (QED) is 0.764. The zero-order valence-electron chi connectivity index (χ0n) is 8.03. The molecule has 1 N–H and O–H groups in total. The largest absolute Gasteiger partial charge is 0.306 e. The highest BCUT2D eigenvalue weighted by atomic mass is 15.0. The van der Waals surface area contributed by atoms with Gasteiger partial charge in [0.25, 0.3) is 0 Å². The van der Waals surface area contributed by atoms with Crippen molar-refractivity contribution in [1.29, 1.82) is 0 Å². The van der Waals surface area contributed by atoms with Crippen molar-refractivity contribution >= 4 is 0 Å². The Hall–Kier alpha value is -0.890. The van der Waals surface area contributed by atoms with Crippen LogP contribution in [0.4, 0.5) is 0 Å². The molecule has 0 aromatic carbocycles. The molecule has 1 aliphatic carbocycles. The van der Waals surface area contributed by atoms with Crippen molar-refractivity contribution in [2.24, 2.45) is 0 Å². The summed E-state index contributed by atoms with van der Waals surface area (Å²) < 4.78 is 0. The van der Waals surface area contributed by atoms with Crippen LogP contribution in [-0.4, -0.2) is 11.0 Å². The normalized spacial score (nSPS) is 19.5. The van der Waals surface area contributed by atoms with E-state index in [9.17, 15) is 0 Å². The fourth-order valence-electron chi connectivity index (χ4n) is 1.65. The van der Waals surface area contributed by atoms with Crippen LogP contribution >= 0.6 is 0 Å². The lowest BCUT2D eigenvalue weighted by Crippen LogP contribution is -2.37. The van der Waals surface area contributed by atoms with Gasteiger partial charge in [0.05, 0.1) is 5.69 Å². The Morgan fingerprint density at radius 3 is 2.85 bits per heavy atom. The lowest BCUT2D eigenvalue weighted by atomic mass is 9.92. The van der Waals surface area contributed by atoms with Gasteiger partial charge in [-0.3, -0.25) is 4.98 Å². The zero-order chi connectivity index (χ0) is 9.10. The first-order valence-electron chi connectivity index (χ1n) is 5.03. The van der Waals surface area contributed by atoms with Gasteiger partial charge in [-0.25, -0.2) is 0 Å². The summed E-state index contributed by atoms with van der Waals surface area (Å²) in [6, 6.07) is 7.21. The molecule has 0 spiro atoms. The van der Waals surface area contributed by atoms with E-state index in [4.69, 9.17) is 0 Å². The molecule has 2 nitrogen and oxygen atoms in total. The number of hydrogen-bond donors (Lipinski definition) is 1. The second-order valence-electron chi connectivity index (χ2n) is 3.77. The Labute approximate surface area is 79.4 Å². The number of aromatic nitrogens is 1. The highest BCUT2D eigenvalue weighted by molar-refractivity contribution is 5.08. The third-order valence-electron chi connectivity index (χ3n) is 2.72. The maximum absolute atomic E-state index is 4.33. The molecule has 0 aliphatic heterocycles. The Kier molecular flexibility index (Phi) is 2.60. The van der Waals surface area contributed by atoms with Crippen LogP contribution in [0.2, 0.25) is 0 Å². The molecule has 1 fully saturated rings. The molecule has 1 aromatic rings. The van der Waals surface area contributed by atoms with E-state index in [1.807, 2.05) is 18.3 Å². The number of hydrogen-bond acceptors (Lipinski definition) is 2. The minimum Gasteiger partial charge on any atom is -0.306 e. The topological polar surface area (TPSA) is 24.9 Å². The van der Waals surface area contributed by atoms with E-state index in [1.54, 1.807) is 0 Å². The lowest BCUT2D eigenvalue weighted by molar-refractivity contribution is 0.311. The molecule has 13 heavy (non-hydrogen) atoms. The van der Waals surface area contributed by atoms with Crippen LogP contribution in [0, 0.1) is 0 Å². The first-order chi connectivity index (χ1) is 6.36. The molecule has 0 amide bonds. The van der Waals surface area contributed by atoms with Crippen molar-refractivity contribution in [2.75, 3.05) is 0 Å². The van der Waals surface area contributed by atoms with Crippen molar-refractivity contribution < 1.29 is 0 Å². The van der Waals surface area contributed by atoms with Gasteiger partial charge in [-0.15, -0.1) is 0 Å². The molecule has 0 unspecified atom stereocenters. The van der Waals surface area contributed by atoms with Crippen molar-refractivity contribution in [3.8, 4) is 0 Å². The molecule has 70 valence electrons. The second kappa shape index (κ2) is 3.88. The smallest absolute Gasteiger partial charge is 0.0570 e. The summed E-state index contributed by atoms with van der Waals surface area (Å²) in [6.07, 6.45) is 5.90. The maximum atomic E-state index is 4.33. The van der Waals surface area contributed by atoms with Crippen molar-refractivity contribution in [3.63, 3.8) is 0 Å². The van der Waals surface area contributed by atoms with Crippen LogP contribution in [0.15, 0.2) is 24.4 Å². The molecule has 1 heterocycles. The maximum Gasteiger partial charge on any atom is 0.0570 e. The summed E-state index contributed by atoms with van der Waals surface area (Å²) >= 11 is 0. The average molecular weight is 176 g/mol. The average Bonchev–Trinajstić information content (AvgIpc) is 2.12. The van der Waals surface area contributed by atoms with Gasteiger partial charge in [-0.1, -0.05) is 12.5 Å². The van der Waals surface area contributed by atoms with Gasteiger partial charge in [0.15, 0.2) is 0 Å². The minimum absolute atomic E-state index is 0.395. The van der Waals surface area contributed by atoms with E-state index < -0.39 is 0 Å². The van der Waals surface area contributed by atoms with Gasteiger partial charge in [-0.05, 0) is 31.9 Å². The highest BCUT2D eigenvalue weighted by Gasteiger charge is 2.19. The molecule has 2 heteroatoms. The number of rotatable bonds is 3. The predicted molar refractivity (Wildman–Crippen MR) is 53.4 cm³/mol. The van der Waals surface area contributed by atoms with Crippen LogP contribution in [0.1, 0.15) is 37.9 Å². The number of nitrogens with zero attached hydrogens (tertiary/aromatic N) is 1. The molecule has 0 saturated heterocycles. The van der Waals surface area contributed by atoms with Crippen LogP contribution < -0.4 is 5.32 Å². The summed E-state index contributed by atoms with van der Waals surface area (Å²) in [5.74, 6) is 0. The van der Waals surface area contributed by atoms with Crippen LogP contribution in [-0.2, 0) is 0 Å². The fourth-order valence-corrected chi connectivity index (χ4v) is 1.65. The first-order valence-corrected chi connectivity index (χ1v) is 5.03. The van der Waals surface area contributed by atoms with Gasteiger partial charge in [0, 0.05) is 18.3 Å². The van der Waals surface area contributed by atoms with Crippen molar-refractivity contribution in [3.05, 3.63) is 30.1 Å². The third kappa shape index (κ3) is 2.07. The SMILES string of the molecule is C[C@@H](NC1CCC1)c1ccccn1. The van der Waals surface area contributed by atoms with Crippen LogP contribution in [0.25, 0.3) is 0 Å². The molecule has 1 saturated carbocycles. The van der Waals surface area contributed by atoms with Gasteiger partial charge in [0.2, 0.25) is 0 Å². The van der Waals surface area contributed by atoms with Gasteiger partial charge >= 0.3 is 0 Å². The second-order valence-corrected chi connectivity index (χ2v) is 3.77. The van der Waals surface area contributed by atoms with E-state index in [-0.39, 0.29) is 0 Å². The Balaban J connectivity index is 1.92. The van der Waals surface area contributed by atoms with Crippen molar-refractivity contribution in [1.82, 2.24) is 10.3 Å². The molecule has 0 radical (unpaired) electrons. The Morgan fingerprint density at radius 1 is 1.46 bits per heavy atom. The first kappa shape index (κ1) is 8.70. The Morgan fingerprint density at radius 2 is 2.31 bits per heavy atom. The van der Waals surface area contributed by atoms with Crippen LogP contribution in [0.3, 0.4) is 0 Å². The predicted octanol–water partition coefficient (Wildman–Crippen LogP) is 2.28. The minimum atomic E-state index is 0.395. The molecule has 2 rings (SSSR count). The monoisotopic (exact) mass is 176 g/mol. The van der Waals surface area contributed by atoms with Crippen LogP contribution in [0.5, 0.6) is 0 Å². The molecule has 0 bridgehead atoms. The zero-order valence-corrected chi connectivity index (χ0v) is 8.03. The van der Waals surface area contributed by atoms with Crippen molar-refractivity contribution in [2.45, 2.75) is 38.3 Å². The standard InChI is InChI=1S/C11H16N2/c1-9(13-10-5-4-6-10)11-7-2-3-8-12-11/h2-3,7-10,13H,4-6H2,1H3/t9-/m1/s1. The summed E-state index contributed by atoms with van der Waals surface area (Å²) in [6.45, 7) is 2.18. The molecule has 1 aromatic heterocycles. The Bertz CT molecular complexity index is 254. The summed E-state index contributed by atoms with van der Waals surface area (Å²) in [7, 11) is 0. The van der Waals surface area contributed by atoms with E-state index in [0.717, 1.165) is 11.7 Å². The lowest BCUT2D eigenvalue weighted by Gasteiger charge is -2.29. The molecule has 1 aliphatic rings.